The number of benzene rings is 2. The third-order valence-corrected chi connectivity index (χ3v) is 20.1. The van der Waals surface area contributed by atoms with Gasteiger partial charge in [-0.3, -0.25) is 33.6 Å². The number of hydrogen-bond donors (Lipinski definition) is 1. The lowest BCUT2D eigenvalue weighted by Crippen LogP contribution is -2.61. The van der Waals surface area contributed by atoms with Crippen molar-refractivity contribution in [1.82, 2.24) is 34.7 Å². The first-order valence-corrected chi connectivity index (χ1v) is 39.4. The predicted octanol–water partition coefficient (Wildman–Crippen LogP) is 19.0. The second kappa shape index (κ2) is 61.2. The lowest BCUT2D eigenvalue weighted by Gasteiger charge is -2.60. The summed E-state index contributed by atoms with van der Waals surface area (Å²) in [5, 5.41) is 2.82. The first kappa shape index (κ1) is 95.9. The molecule has 6 aliphatic rings. The van der Waals surface area contributed by atoms with Crippen molar-refractivity contribution >= 4 is 41.4 Å². The molecule has 15 heteroatoms. The predicted molar refractivity (Wildman–Crippen MR) is 433 cm³/mol. The van der Waals surface area contributed by atoms with Gasteiger partial charge in [-0.25, -0.2) is 0 Å². The first-order chi connectivity index (χ1) is 49.4. The van der Waals surface area contributed by atoms with Gasteiger partial charge in [-0.1, -0.05) is 250 Å². The Morgan fingerprint density at radius 3 is 1.27 bits per heavy atom. The van der Waals surface area contributed by atoms with Crippen LogP contribution >= 0.6 is 0 Å². The Balaban J connectivity index is 0.00000120. The third kappa shape index (κ3) is 41.8. The van der Waals surface area contributed by atoms with Crippen LogP contribution in [0.1, 0.15) is 259 Å². The van der Waals surface area contributed by atoms with Crippen LogP contribution in [0, 0.1) is 17.8 Å². The van der Waals surface area contributed by atoms with Crippen molar-refractivity contribution in [3.63, 3.8) is 0 Å². The van der Waals surface area contributed by atoms with E-state index in [0.29, 0.717) is 32.8 Å². The van der Waals surface area contributed by atoms with Gasteiger partial charge in [0.1, 0.15) is 0 Å². The molecule has 2 aliphatic heterocycles. The molecule has 4 aliphatic carbocycles. The summed E-state index contributed by atoms with van der Waals surface area (Å²) in [4.78, 5) is 89.9. The van der Waals surface area contributed by atoms with Crippen LogP contribution in [0.4, 0.5) is 0 Å². The molecular formula is C88H145N7O8. The van der Waals surface area contributed by atoms with E-state index in [0.717, 1.165) is 94.8 Å². The zero-order chi connectivity index (χ0) is 75.6. The average Bonchev–Trinajstić information content (AvgIpc) is 0.738. The molecule has 0 radical (unpaired) electrons. The summed E-state index contributed by atoms with van der Waals surface area (Å²) >= 11 is 0. The van der Waals surface area contributed by atoms with Gasteiger partial charge in [-0.2, -0.15) is 0 Å². The molecule has 4 bridgehead atoms. The molecule has 2 saturated heterocycles. The number of carbonyl (C=O) groups is 7. The van der Waals surface area contributed by atoms with Crippen LogP contribution in [0.25, 0.3) is 0 Å². The highest BCUT2D eigenvalue weighted by molar-refractivity contribution is 5.89. The van der Waals surface area contributed by atoms with Crippen LogP contribution in [0.5, 0.6) is 0 Å². The Morgan fingerprint density at radius 1 is 0.485 bits per heavy atom. The van der Waals surface area contributed by atoms with E-state index in [9.17, 15) is 33.6 Å². The van der Waals surface area contributed by atoms with E-state index in [2.05, 4.69) is 89.2 Å². The highest BCUT2D eigenvalue weighted by atomic mass is 16.5. The van der Waals surface area contributed by atoms with Crippen molar-refractivity contribution in [3.05, 3.63) is 160 Å². The second-order valence-electron chi connectivity index (χ2n) is 27.8. The number of morpholine rings is 1. The van der Waals surface area contributed by atoms with E-state index < -0.39 is 0 Å². The van der Waals surface area contributed by atoms with Gasteiger partial charge in [-0.15, -0.1) is 0 Å². The van der Waals surface area contributed by atoms with E-state index in [4.69, 9.17) is 4.74 Å². The molecular weight excluding hydrogens is 1280 g/mol. The van der Waals surface area contributed by atoms with Crippen LogP contribution in [0.3, 0.4) is 0 Å². The van der Waals surface area contributed by atoms with Gasteiger partial charge in [0.2, 0.25) is 41.4 Å². The molecule has 1 unspecified atom stereocenters. The number of nitrogens with one attached hydrogen (secondary N) is 1. The Morgan fingerprint density at radius 2 is 0.883 bits per heavy atom. The summed E-state index contributed by atoms with van der Waals surface area (Å²) in [7, 11) is 1.78. The average molecular weight is 1430 g/mol. The number of ether oxygens (including phenoxy) is 1. The number of likely N-dealkylation sites (N-methyl/N-ethyl adjacent to an activating group) is 3. The third-order valence-electron chi connectivity index (χ3n) is 20.1. The van der Waals surface area contributed by atoms with Gasteiger partial charge < -0.3 is 39.5 Å². The summed E-state index contributed by atoms with van der Waals surface area (Å²) < 4.78 is 5.07. The molecule has 1 atom stereocenters. The van der Waals surface area contributed by atoms with Crippen molar-refractivity contribution in [2.75, 3.05) is 79.2 Å². The molecule has 103 heavy (non-hydrogen) atoms. The quantitative estimate of drug-likeness (QED) is 0.0514. The maximum atomic E-state index is 12.1. The van der Waals surface area contributed by atoms with Crippen molar-refractivity contribution in [2.24, 2.45) is 17.8 Å². The standard InChI is InChI=1S/C21H41NO.C17H25NO.C15H23NO.C12H15NO.C8H13NO.C7H11NO2.C7H13NO.CH4/c1-3-5-6-7-8-9-10-11-12-13-14-15-16-17-18-19-20-22-21(23)4-2;1-3-5-6-7-11-14-18(17(19)4-2)15-16-12-9-8-10-13-16;1-3-14(17)16(4-2)15-8-11-5-12(9-15)7-13(6-11)10-15;1-4-12(14)13(3)10(2)11-8-6-5-7-9-11;1-2-8(10)9-6-4-3-5-7-9;1-2-7(9)8-3-5-10-6-4-8;1-4-7(9)8(5-2)6-3;/h4H,2-3,5-20H2,1H3,(H,22,23);4,8-10,12-13H,2-3,5-7,11,14-15H2,1H3;3,11-13H,1,4-10H2,2H3;4-10H,1H2,2-3H3;2H,1,3-7H2;2H,1,3-6H2;4H,1,5-6H2,2-3H3;1H4. The SMILES string of the molecule is C.C=CC(=O)N(C)C(C)c1ccccc1.C=CC(=O)N(CC)C12CC3CC(CC(C3)C1)C2.C=CC(=O)N(CC)CC.C=CC(=O)N(CCCCCCC)Cc1ccccc1.C=CC(=O)N1CCCCC1.C=CC(=O)N1CCOCC1.C=CC(=O)NCCCCCCCCCCCCCCCCCC. The van der Waals surface area contributed by atoms with Crippen LogP contribution < -0.4 is 5.32 Å². The summed E-state index contributed by atoms with van der Waals surface area (Å²) in [6, 6.07) is 20.1. The maximum absolute atomic E-state index is 12.1. The topological polar surface area (TPSA) is 160 Å². The molecule has 1 N–H and O–H groups in total. The summed E-state index contributed by atoms with van der Waals surface area (Å²) in [5.74, 6) is 2.86. The Bertz CT molecular complexity index is 2590. The van der Waals surface area contributed by atoms with Gasteiger partial charge >= 0.3 is 0 Å². The number of carbonyl (C=O) groups excluding carboxylic acids is 7. The monoisotopic (exact) mass is 1430 g/mol. The smallest absolute Gasteiger partial charge is 0.246 e. The van der Waals surface area contributed by atoms with E-state index in [1.54, 1.807) is 21.7 Å². The highest BCUT2D eigenvalue weighted by Crippen LogP contribution is 2.57. The number of rotatable bonds is 38. The minimum atomic E-state index is -0.0543. The lowest BCUT2D eigenvalue weighted by molar-refractivity contribution is -0.145. The van der Waals surface area contributed by atoms with E-state index >= 15 is 0 Å². The lowest BCUT2D eigenvalue weighted by atomic mass is 9.52. The number of nitrogens with zero attached hydrogens (tertiary/aromatic N) is 6. The van der Waals surface area contributed by atoms with Gasteiger partial charge in [0.15, 0.2) is 0 Å². The zero-order valence-electron chi connectivity index (χ0n) is 65.2. The Kier molecular flexibility index (Phi) is 57.0. The molecule has 2 heterocycles. The zero-order valence-corrected chi connectivity index (χ0v) is 65.2. The van der Waals surface area contributed by atoms with Crippen LogP contribution in [-0.2, 0) is 44.8 Å². The van der Waals surface area contributed by atoms with E-state index in [1.807, 2.05) is 79.1 Å². The molecule has 15 nitrogen and oxygen atoms in total. The van der Waals surface area contributed by atoms with Crippen LogP contribution in [-0.4, -0.2) is 155 Å². The number of piperidine rings is 1. The molecule has 8 rings (SSSR count). The summed E-state index contributed by atoms with van der Waals surface area (Å²) in [6.45, 7) is 46.1. The molecule has 580 valence electrons. The van der Waals surface area contributed by atoms with Gasteiger partial charge in [0.05, 0.1) is 19.3 Å². The largest absolute Gasteiger partial charge is 0.378 e. The Hall–Kier alpha value is -7.13. The molecule has 2 aromatic rings. The summed E-state index contributed by atoms with van der Waals surface area (Å²) in [6.07, 6.45) is 49.4. The molecule has 0 aromatic heterocycles. The number of hydrogen-bond acceptors (Lipinski definition) is 8. The molecule has 2 aromatic carbocycles. The molecule has 0 spiro atoms. The minimum Gasteiger partial charge on any atom is -0.378 e. The Labute approximate surface area is 628 Å². The molecule has 4 saturated carbocycles. The van der Waals surface area contributed by atoms with Crippen molar-refractivity contribution in [1.29, 1.82) is 0 Å². The fourth-order valence-electron chi connectivity index (χ4n) is 14.4. The van der Waals surface area contributed by atoms with Crippen LogP contribution in [0.2, 0.25) is 0 Å². The van der Waals surface area contributed by atoms with Gasteiger partial charge in [0, 0.05) is 78.0 Å². The molecule has 7 amide bonds. The number of unbranched alkanes of at least 4 members (excludes halogenated alkanes) is 19. The van der Waals surface area contributed by atoms with Crippen molar-refractivity contribution in [3.8, 4) is 0 Å². The fourth-order valence-corrected chi connectivity index (χ4v) is 14.4. The minimum absolute atomic E-state index is 0. The maximum Gasteiger partial charge on any atom is 0.246 e. The van der Waals surface area contributed by atoms with Gasteiger partial charge in [0.25, 0.3) is 0 Å². The van der Waals surface area contributed by atoms with E-state index in [1.165, 1.54) is 215 Å². The highest BCUT2D eigenvalue weighted by Gasteiger charge is 2.54. The van der Waals surface area contributed by atoms with E-state index in [-0.39, 0.29) is 60.4 Å². The number of amides is 7. The number of likely N-dealkylation sites (tertiary alicyclic amines) is 1. The normalized spacial score (nSPS) is 17.3. The first-order valence-electron chi connectivity index (χ1n) is 39.4. The van der Waals surface area contributed by atoms with Crippen molar-refractivity contribution in [2.45, 2.75) is 260 Å². The molecule has 6 fully saturated rings. The fraction of sp³-hybridized carbons (Fsp3) is 0.625. The summed E-state index contributed by atoms with van der Waals surface area (Å²) in [5.41, 5.74) is 2.51. The van der Waals surface area contributed by atoms with Gasteiger partial charge in [-0.05, 0) is 170 Å². The van der Waals surface area contributed by atoms with Crippen molar-refractivity contribution < 1.29 is 38.3 Å². The van der Waals surface area contributed by atoms with Crippen LogP contribution in [0.15, 0.2) is 149 Å². The second-order valence-corrected chi connectivity index (χ2v) is 27.8.